The zero-order chi connectivity index (χ0) is 51.8. The van der Waals surface area contributed by atoms with Gasteiger partial charge in [-0.15, -0.1) is 0 Å². The molecule has 412 valence electrons. The smallest absolute Gasteiger partial charge is 0.297 e. The molecular weight excluding hydrogens is 977 g/mol. The van der Waals surface area contributed by atoms with Gasteiger partial charge in [-0.05, 0) is 76.3 Å². The molecule has 2 aromatic rings. The van der Waals surface area contributed by atoms with Crippen LogP contribution in [0.3, 0.4) is 0 Å². The highest BCUT2D eigenvalue weighted by atomic mass is 32.2. The fourth-order valence-corrected chi connectivity index (χ4v) is 7.13. The average molecular weight is 1060 g/mol. The van der Waals surface area contributed by atoms with E-state index in [1.165, 1.54) is 37.1 Å². The molecule has 1 unspecified atom stereocenters. The first-order valence-electron chi connectivity index (χ1n) is 24.0. The van der Waals surface area contributed by atoms with Crippen LogP contribution in [-0.4, -0.2) is 210 Å². The minimum absolute atomic E-state index is 0.00535. The van der Waals surface area contributed by atoms with E-state index in [4.69, 9.17) is 80.5 Å². The van der Waals surface area contributed by atoms with Crippen LogP contribution in [0.15, 0.2) is 70.7 Å². The largest absolute Gasteiger partial charge is 0.502 e. The number of aryl methyl sites for hydroxylation is 2. The summed E-state index contributed by atoms with van der Waals surface area (Å²) in [6.45, 7) is 13.0. The van der Waals surface area contributed by atoms with Gasteiger partial charge in [0.15, 0.2) is 6.29 Å². The van der Waals surface area contributed by atoms with Crippen LogP contribution in [0.4, 0.5) is 0 Å². The van der Waals surface area contributed by atoms with Crippen molar-refractivity contribution >= 4 is 20.2 Å². The van der Waals surface area contributed by atoms with Gasteiger partial charge in [0.2, 0.25) is 0 Å². The second kappa shape index (κ2) is 47.0. The molecule has 0 amide bonds. The molecule has 2 aliphatic rings. The van der Waals surface area contributed by atoms with Crippen LogP contribution in [-0.2, 0) is 85.4 Å². The van der Waals surface area contributed by atoms with Gasteiger partial charge in [0.25, 0.3) is 20.2 Å². The molecule has 0 aliphatic carbocycles. The van der Waals surface area contributed by atoms with E-state index < -0.39 is 20.2 Å². The lowest BCUT2D eigenvalue weighted by molar-refractivity contribution is -0.169. The van der Waals surface area contributed by atoms with Gasteiger partial charge < -0.3 is 72.2 Å². The van der Waals surface area contributed by atoms with Gasteiger partial charge >= 0.3 is 0 Å². The lowest BCUT2D eigenvalue weighted by atomic mass is 10.2. The summed E-state index contributed by atoms with van der Waals surface area (Å²) < 4.78 is 120. The Balaban J connectivity index is 0.000000530. The second-order valence-corrected chi connectivity index (χ2v) is 18.1. The van der Waals surface area contributed by atoms with Crippen molar-refractivity contribution in [3.63, 3.8) is 0 Å². The predicted octanol–water partition coefficient (Wildman–Crippen LogP) is 3.37. The normalized spacial score (nSPS) is 14.6. The first kappa shape index (κ1) is 66.3. The highest BCUT2D eigenvalue weighted by Gasteiger charge is 2.16. The van der Waals surface area contributed by atoms with Gasteiger partial charge in [0.1, 0.15) is 0 Å². The Kier molecular flexibility index (Phi) is 43.8. The van der Waals surface area contributed by atoms with Crippen LogP contribution < -0.4 is 0 Å². The monoisotopic (exact) mass is 1060 g/mol. The summed E-state index contributed by atoms with van der Waals surface area (Å²) >= 11 is 0. The molecule has 21 nitrogen and oxygen atoms in total. The van der Waals surface area contributed by atoms with Crippen LogP contribution in [0.2, 0.25) is 0 Å². The van der Waals surface area contributed by atoms with E-state index >= 15 is 0 Å². The minimum Gasteiger partial charge on any atom is -0.502 e. The van der Waals surface area contributed by atoms with Gasteiger partial charge in [0.05, 0.1) is 181 Å². The first-order chi connectivity index (χ1) is 34.6. The molecule has 0 spiro atoms. The maximum absolute atomic E-state index is 12.0. The lowest BCUT2D eigenvalue weighted by Crippen LogP contribution is -2.24. The zero-order valence-corrected chi connectivity index (χ0v) is 43.4. The van der Waals surface area contributed by atoms with Gasteiger partial charge in [-0.2, -0.15) is 16.8 Å². The Labute approximate surface area is 422 Å². The average Bonchev–Trinajstić information content (AvgIpc) is 3.38. The number of hydrogen-bond donors (Lipinski definition) is 3. The van der Waals surface area contributed by atoms with Crippen molar-refractivity contribution < 1.29 is 97.4 Å². The molecule has 0 radical (unpaired) electrons. The number of hydrogen-bond acceptors (Lipinski definition) is 21. The molecule has 1 fully saturated rings. The third-order valence-corrected chi connectivity index (χ3v) is 11.6. The Bertz CT molecular complexity index is 1690. The molecule has 2 aliphatic heterocycles. The highest BCUT2D eigenvalue weighted by Crippen LogP contribution is 2.15. The first-order valence-corrected chi connectivity index (χ1v) is 26.8. The fraction of sp³-hybridized carbons (Fsp3) is 0.708. The van der Waals surface area contributed by atoms with Crippen LogP contribution in [0.1, 0.15) is 43.2 Å². The third-order valence-electron chi connectivity index (χ3n) is 8.99. The summed E-state index contributed by atoms with van der Waals surface area (Å²) in [6, 6.07) is 13.0. The summed E-state index contributed by atoms with van der Waals surface area (Å²) in [4.78, 5) is 0.275. The number of ether oxygens (including phenoxy) is 12. The summed E-state index contributed by atoms with van der Waals surface area (Å²) in [5, 5.41) is 25.2. The van der Waals surface area contributed by atoms with Crippen LogP contribution in [0.5, 0.6) is 0 Å². The maximum Gasteiger partial charge on any atom is 0.297 e. The molecule has 71 heavy (non-hydrogen) atoms. The summed E-state index contributed by atoms with van der Waals surface area (Å²) in [5.41, 5.74) is 1.97. The van der Waals surface area contributed by atoms with Crippen molar-refractivity contribution in [2.45, 2.75) is 62.0 Å². The Morgan fingerprint density at radius 2 is 0.803 bits per heavy atom. The van der Waals surface area contributed by atoms with Crippen LogP contribution >= 0.6 is 0 Å². The number of aliphatic hydroxyl groups excluding tert-OH is 3. The van der Waals surface area contributed by atoms with Crippen molar-refractivity contribution in [1.82, 2.24) is 0 Å². The molecule has 0 aromatic heterocycles. The highest BCUT2D eigenvalue weighted by molar-refractivity contribution is 7.87. The van der Waals surface area contributed by atoms with Crippen LogP contribution in [0.25, 0.3) is 0 Å². The molecule has 23 heteroatoms. The van der Waals surface area contributed by atoms with E-state index in [2.05, 4.69) is 0 Å². The number of benzene rings is 2. The molecule has 4 rings (SSSR count). The van der Waals surface area contributed by atoms with Gasteiger partial charge in [-0.3, -0.25) is 8.37 Å². The van der Waals surface area contributed by atoms with Crippen molar-refractivity contribution in [2.75, 3.05) is 172 Å². The van der Waals surface area contributed by atoms with Crippen molar-refractivity contribution in [1.29, 1.82) is 0 Å². The Morgan fingerprint density at radius 1 is 0.451 bits per heavy atom. The SMILES string of the molecule is C1=COCCC1.Cc1ccc(S(=O)(=O)OCCOCCOCCOCCO)cc1.Cc1ccc(S(=O)(=O)OCCOCCOCCOCCOC2CCCCO2)cc1.OCCOCCOCCOCCO. The summed E-state index contributed by atoms with van der Waals surface area (Å²) in [5.74, 6) is 0. The Hall–Kier alpha value is -2.76. The fourth-order valence-electron chi connectivity index (χ4n) is 5.34. The molecule has 0 saturated carbocycles. The third kappa shape index (κ3) is 40.3. The molecule has 3 N–H and O–H groups in total. The summed E-state index contributed by atoms with van der Waals surface area (Å²) in [7, 11) is -7.48. The topological polar surface area (TPSA) is 258 Å². The van der Waals surface area contributed by atoms with E-state index in [1.807, 2.05) is 19.9 Å². The van der Waals surface area contributed by atoms with Gasteiger partial charge in [0, 0.05) is 6.61 Å². The van der Waals surface area contributed by atoms with E-state index in [0.29, 0.717) is 112 Å². The molecule has 1 atom stereocenters. The minimum atomic E-state index is -3.74. The predicted molar refractivity (Wildman–Crippen MR) is 261 cm³/mol. The van der Waals surface area contributed by atoms with Crippen molar-refractivity contribution in [2.24, 2.45) is 0 Å². The molecule has 2 heterocycles. The number of aliphatic hydroxyl groups is 3. The van der Waals surface area contributed by atoms with Crippen molar-refractivity contribution in [3.05, 3.63) is 72.0 Å². The van der Waals surface area contributed by atoms with Crippen LogP contribution in [0, 0.1) is 13.8 Å². The second-order valence-electron chi connectivity index (χ2n) is 14.9. The van der Waals surface area contributed by atoms with E-state index in [0.717, 1.165) is 43.6 Å². The standard InChI is InChI=1S/C20H32O8S.C15H24O7S.C8H18O5.C5H8O/c1-18-5-7-19(8-6-18)29(21,22)28-17-15-25-13-11-23-10-12-24-14-16-27-20-4-2-3-9-26-20;1-14-2-4-15(5-3-14)23(17,18)22-13-12-21-11-10-20-9-8-19-7-6-16;9-1-3-11-5-7-13-8-6-12-4-2-10;1-2-4-6-5-3-1/h5-8,20H,2-4,9-17H2,1H3;2-5,16H,6-13H2,1H3;9-10H,1-8H2;2,4H,1,3,5H2. The van der Waals surface area contributed by atoms with E-state index in [9.17, 15) is 16.8 Å². The van der Waals surface area contributed by atoms with Crippen molar-refractivity contribution in [3.8, 4) is 0 Å². The molecular formula is C48H82O21S2. The maximum atomic E-state index is 12.0. The quantitative estimate of drug-likeness (QED) is 0.0643. The zero-order valence-electron chi connectivity index (χ0n) is 41.8. The number of allylic oxidation sites excluding steroid dienone is 1. The molecule has 1 saturated heterocycles. The summed E-state index contributed by atoms with van der Waals surface area (Å²) in [6.07, 6.45) is 9.32. The molecule has 0 bridgehead atoms. The molecule has 2 aromatic carbocycles. The van der Waals surface area contributed by atoms with E-state index in [-0.39, 0.29) is 62.3 Å². The van der Waals surface area contributed by atoms with Gasteiger partial charge in [-0.1, -0.05) is 35.4 Å². The van der Waals surface area contributed by atoms with E-state index in [1.54, 1.807) is 30.5 Å². The Morgan fingerprint density at radius 3 is 1.08 bits per heavy atom. The lowest BCUT2D eigenvalue weighted by Gasteiger charge is -2.22. The van der Waals surface area contributed by atoms with Gasteiger partial charge in [-0.25, -0.2) is 0 Å². The number of rotatable bonds is 38.